The second-order valence-electron chi connectivity index (χ2n) is 12.4. The fourth-order valence-electron chi connectivity index (χ4n) is 8.85. The van der Waals surface area contributed by atoms with Crippen LogP contribution in [0.1, 0.15) is 90.9 Å². The predicted octanol–water partition coefficient (Wildman–Crippen LogP) is 5.92. The van der Waals surface area contributed by atoms with Crippen molar-refractivity contribution >= 4 is 28.8 Å². The van der Waals surface area contributed by atoms with Crippen LogP contribution in [0, 0.1) is 34.5 Å². The van der Waals surface area contributed by atoms with E-state index in [0.29, 0.717) is 17.8 Å². The lowest BCUT2D eigenvalue weighted by atomic mass is 9.47. The molecule has 34 heavy (non-hydrogen) atoms. The molecule has 4 nitrogen and oxygen atoms in total. The minimum absolute atomic E-state index is 0.0258. The van der Waals surface area contributed by atoms with Crippen molar-refractivity contribution < 1.29 is 14.3 Å². The molecule has 0 aromatic rings. The van der Waals surface area contributed by atoms with Crippen LogP contribution in [0.25, 0.3) is 0 Å². The molecule has 5 aliphatic rings. The van der Waals surface area contributed by atoms with Gasteiger partial charge in [-0.1, -0.05) is 38.1 Å². The van der Waals surface area contributed by atoms with E-state index >= 15 is 0 Å². The molecule has 0 unspecified atom stereocenters. The van der Waals surface area contributed by atoms with Crippen molar-refractivity contribution in [1.82, 2.24) is 4.90 Å². The summed E-state index contributed by atoms with van der Waals surface area (Å²) in [6.07, 6.45) is 15.7. The molecule has 3 saturated carbocycles. The van der Waals surface area contributed by atoms with Crippen molar-refractivity contribution in [3.05, 3.63) is 11.6 Å². The number of rotatable bonds is 6. The van der Waals surface area contributed by atoms with Crippen LogP contribution in [0.15, 0.2) is 11.6 Å². The summed E-state index contributed by atoms with van der Waals surface area (Å²) >= 11 is 5.55. The predicted molar refractivity (Wildman–Crippen MR) is 139 cm³/mol. The van der Waals surface area contributed by atoms with Crippen LogP contribution < -0.4 is 0 Å². The Bertz CT molecular complexity index is 861. The largest absolute Gasteiger partial charge is 0.458 e. The number of carbonyl (C=O) groups is 2. The third-order valence-electron chi connectivity index (χ3n) is 10.8. The first-order chi connectivity index (χ1) is 16.3. The third kappa shape index (κ3) is 4.45. The summed E-state index contributed by atoms with van der Waals surface area (Å²) in [6, 6.07) is 0. The number of piperidine rings is 1. The van der Waals surface area contributed by atoms with Crippen molar-refractivity contribution in [3.8, 4) is 0 Å². The van der Waals surface area contributed by atoms with Crippen LogP contribution in [-0.4, -0.2) is 47.8 Å². The molecule has 0 aromatic carbocycles. The van der Waals surface area contributed by atoms with Crippen LogP contribution in [0.4, 0.5) is 0 Å². The standard InChI is InChI=1S/C29H43NO3S/c1-28-13-10-21(34)18-20(28)6-7-22-23-8-9-25(29(23,2)14-11-24(22)28)26(31)19-33-27(32)12-17-30-15-4-3-5-16-30/h18,22-25H,3-17,19H2,1-2H3/t22-,23-,24-,25+,28-,29-/m0/s1. The molecule has 5 heteroatoms. The number of hydrogen-bond donors (Lipinski definition) is 0. The molecule has 0 N–H and O–H groups in total. The van der Waals surface area contributed by atoms with Gasteiger partial charge in [-0.25, -0.2) is 0 Å². The second kappa shape index (κ2) is 9.76. The lowest BCUT2D eigenvalue weighted by Crippen LogP contribution is -2.51. The van der Waals surface area contributed by atoms with Gasteiger partial charge in [0.05, 0.1) is 6.42 Å². The highest BCUT2D eigenvalue weighted by molar-refractivity contribution is 7.80. The summed E-state index contributed by atoms with van der Waals surface area (Å²) in [6.45, 7) is 7.78. The lowest BCUT2D eigenvalue weighted by Gasteiger charge is -2.58. The summed E-state index contributed by atoms with van der Waals surface area (Å²) in [5.74, 6) is 2.09. The monoisotopic (exact) mass is 485 g/mol. The molecule has 1 heterocycles. The van der Waals surface area contributed by atoms with Gasteiger partial charge >= 0.3 is 5.97 Å². The molecule has 5 rings (SSSR count). The zero-order chi connectivity index (χ0) is 23.9. The number of allylic oxidation sites excluding steroid dienone is 2. The van der Waals surface area contributed by atoms with Crippen LogP contribution >= 0.6 is 12.2 Å². The number of likely N-dealkylation sites (tertiary alicyclic amines) is 1. The average Bonchev–Trinajstić information content (AvgIpc) is 3.19. The first-order valence-electron chi connectivity index (χ1n) is 14.0. The number of carbonyl (C=O) groups excluding carboxylic acids is 2. The maximum atomic E-state index is 13.3. The molecule has 0 amide bonds. The van der Waals surface area contributed by atoms with Gasteiger partial charge in [0.15, 0.2) is 5.78 Å². The smallest absolute Gasteiger partial charge is 0.307 e. The van der Waals surface area contributed by atoms with Gasteiger partial charge in [-0.05, 0) is 112 Å². The number of nitrogens with zero attached hydrogens (tertiary/aromatic N) is 1. The van der Waals surface area contributed by atoms with Crippen molar-refractivity contribution in [2.24, 2.45) is 34.5 Å². The van der Waals surface area contributed by atoms with Crippen molar-refractivity contribution in [2.75, 3.05) is 26.2 Å². The maximum Gasteiger partial charge on any atom is 0.307 e. The van der Waals surface area contributed by atoms with Crippen LogP contribution in [0.3, 0.4) is 0 Å². The molecule has 6 atom stereocenters. The number of Topliss-reactive ketones (excluding diaryl/α,β-unsaturated/α-hetero) is 1. The number of fused-ring (bicyclic) bond motifs is 5. The average molecular weight is 486 g/mol. The van der Waals surface area contributed by atoms with E-state index < -0.39 is 0 Å². The highest BCUT2D eigenvalue weighted by Gasteiger charge is 2.59. The first kappa shape index (κ1) is 24.6. The SMILES string of the molecule is C[C@]12CC[C@H]3[C@@H](CCC4=CC(=S)CC[C@@]43C)[C@@H]1CC[C@@H]2C(=O)COC(=O)CCN1CCCCC1. The number of ether oxygens (including phenoxy) is 1. The van der Waals surface area contributed by atoms with Crippen molar-refractivity contribution in [2.45, 2.75) is 90.9 Å². The molecule has 0 aromatic heterocycles. The number of hydrogen-bond acceptors (Lipinski definition) is 5. The topological polar surface area (TPSA) is 46.6 Å². The normalized spacial score (nSPS) is 40.1. The quantitative estimate of drug-likeness (QED) is 0.345. The molecular formula is C29H43NO3S. The van der Waals surface area contributed by atoms with Crippen LogP contribution in [-0.2, 0) is 14.3 Å². The van der Waals surface area contributed by atoms with Crippen molar-refractivity contribution in [3.63, 3.8) is 0 Å². The zero-order valence-corrected chi connectivity index (χ0v) is 22.1. The van der Waals surface area contributed by atoms with Gasteiger partial charge in [-0.3, -0.25) is 9.59 Å². The molecule has 4 aliphatic carbocycles. The number of thiocarbonyl (C=S) groups is 1. The maximum absolute atomic E-state index is 13.3. The fraction of sp³-hybridized carbons (Fsp3) is 0.828. The van der Waals surface area contributed by atoms with E-state index in [9.17, 15) is 9.59 Å². The summed E-state index contributed by atoms with van der Waals surface area (Å²) < 4.78 is 5.50. The fourth-order valence-corrected chi connectivity index (χ4v) is 9.09. The Kier molecular flexibility index (Phi) is 7.07. The number of ketones is 1. The highest BCUT2D eigenvalue weighted by atomic mass is 32.1. The summed E-state index contributed by atoms with van der Waals surface area (Å²) in [4.78, 5) is 29.1. The second-order valence-corrected chi connectivity index (χ2v) is 12.9. The van der Waals surface area contributed by atoms with Crippen molar-refractivity contribution in [1.29, 1.82) is 0 Å². The van der Waals surface area contributed by atoms with E-state index in [4.69, 9.17) is 17.0 Å². The molecule has 1 saturated heterocycles. The van der Waals surface area contributed by atoms with Gasteiger partial charge in [-0.2, -0.15) is 0 Å². The van der Waals surface area contributed by atoms with E-state index in [0.717, 1.165) is 62.0 Å². The Hall–Kier alpha value is -1.07. The summed E-state index contributed by atoms with van der Waals surface area (Å²) in [5.41, 5.74) is 1.98. The van der Waals surface area contributed by atoms with E-state index in [2.05, 4.69) is 24.8 Å². The molecule has 0 spiro atoms. The molecular weight excluding hydrogens is 442 g/mol. The third-order valence-corrected chi connectivity index (χ3v) is 11.1. The Morgan fingerprint density at radius 2 is 1.82 bits per heavy atom. The first-order valence-corrected chi connectivity index (χ1v) is 14.4. The zero-order valence-electron chi connectivity index (χ0n) is 21.3. The highest BCUT2D eigenvalue weighted by Crippen LogP contribution is 2.66. The van der Waals surface area contributed by atoms with Gasteiger partial charge < -0.3 is 9.64 Å². The van der Waals surface area contributed by atoms with Gasteiger partial charge in [0.2, 0.25) is 0 Å². The molecule has 0 bridgehead atoms. The van der Waals surface area contributed by atoms with E-state index in [1.54, 1.807) is 5.57 Å². The van der Waals surface area contributed by atoms with Gasteiger partial charge in [0.25, 0.3) is 0 Å². The Labute approximate surface area is 211 Å². The molecule has 1 aliphatic heterocycles. The molecule has 0 radical (unpaired) electrons. The van der Waals surface area contributed by atoms with Crippen LogP contribution in [0.2, 0.25) is 0 Å². The minimum Gasteiger partial charge on any atom is -0.458 e. The van der Waals surface area contributed by atoms with E-state index in [-0.39, 0.29) is 29.7 Å². The number of esters is 1. The Morgan fingerprint density at radius 1 is 1.03 bits per heavy atom. The van der Waals surface area contributed by atoms with Crippen LogP contribution in [0.5, 0.6) is 0 Å². The lowest BCUT2D eigenvalue weighted by molar-refractivity contribution is -0.151. The van der Waals surface area contributed by atoms with Gasteiger partial charge in [-0.15, -0.1) is 0 Å². The van der Waals surface area contributed by atoms with Gasteiger partial charge in [0, 0.05) is 17.3 Å². The Balaban J connectivity index is 1.18. The van der Waals surface area contributed by atoms with Gasteiger partial charge in [0.1, 0.15) is 6.61 Å². The molecule has 188 valence electrons. The van der Waals surface area contributed by atoms with E-state index in [1.807, 2.05) is 0 Å². The summed E-state index contributed by atoms with van der Waals surface area (Å²) in [7, 11) is 0. The summed E-state index contributed by atoms with van der Waals surface area (Å²) in [5, 5.41) is 0. The molecule has 4 fully saturated rings. The van der Waals surface area contributed by atoms with E-state index in [1.165, 1.54) is 44.9 Å². The minimum atomic E-state index is -0.211. The Morgan fingerprint density at radius 3 is 2.62 bits per heavy atom.